The molecule has 7 nitrogen and oxygen atoms in total. The normalized spacial score (nSPS) is 9.65. The van der Waals surface area contributed by atoms with Gasteiger partial charge >= 0.3 is 11.8 Å². The van der Waals surface area contributed by atoms with Gasteiger partial charge in [0.1, 0.15) is 5.75 Å². The van der Waals surface area contributed by atoms with E-state index in [1.54, 1.807) is 13.0 Å². The predicted molar refractivity (Wildman–Crippen MR) is 73.2 cm³/mol. The zero-order valence-corrected chi connectivity index (χ0v) is 11.1. The fourth-order valence-corrected chi connectivity index (χ4v) is 1.46. The Hall–Kier alpha value is -2.57. The Balaban J connectivity index is 2.41. The van der Waals surface area contributed by atoms with Crippen molar-refractivity contribution < 1.29 is 19.5 Å². The first kappa shape index (κ1) is 15.5. The van der Waals surface area contributed by atoms with Crippen LogP contribution in [0.1, 0.15) is 12.0 Å². The number of hydrogen-bond acceptors (Lipinski definition) is 4. The van der Waals surface area contributed by atoms with Gasteiger partial charge in [-0.25, -0.2) is 0 Å². The van der Waals surface area contributed by atoms with Gasteiger partial charge in [0.15, 0.2) is 0 Å². The van der Waals surface area contributed by atoms with Crippen LogP contribution in [0.2, 0.25) is 0 Å². The Morgan fingerprint density at radius 2 is 2.00 bits per heavy atom. The molecule has 0 atom stereocenters. The van der Waals surface area contributed by atoms with Crippen LogP contribution in [0.3, 0.4) is 0 Å². The number of aromatic hydroxyl groups is 1. The number of phenolic OH excluding ortho intramolecular Hbond substituents is 1. The fraction of sp³-hybridized carbons (Fsp3) is 0.308. The van der Waals surface area contributed by atoms with Crippen molar-refractivity contribution in [1.29, 1.82) is 0 Å². The van der Waals surface area contributed by atoms with Gasteiger partial charge in [-0.15, -0.1) is 0 Å². The van der Waals surface area contributed by atoms with Crippen molar-refractivity contribution in [3.05, 3.63) is 23.8 Å². The molecule has 0 aliphatic rings. The first-order chi connectivity index (χ1) is 9.54. The van der Waals surface area contributed by atoms with Crippen molar-refractivity contribution >= 4 is 23.9 Å². The van der Waals surface area contributed by atoms with Gasteiger partial charge < -0.3 is 21.1 Å². The summed E-state index contributed by atoms with van der Waals surface area (Å²) in [6.45, 7) is 2.49. The van der Waals surface area contributed by atoms with Gasteiger partial charge in [-0.1, -0.05) is 6.07 Å². The Bertz CT molecular complexity index is 502. The van der Waals surface area contributed by atoms with E-state index in [1.807, 2.05) is 0 Å². The first-order valence-electron chi connectivity index (χ1n) is 6.10. The second-order valence-electron chi connectivity index (χ2n) is 4.16. The minimum Gasteiger partial charge on any atom is -0.506 e. The van der Waals surface area contributed by atoms with Crippen LogP contribution in [-0.2, 0) is 14.4 Å². The van der Waals surface area contributed by atoms with Gasteiger partial charge in [-0.3, -0.25) is 14.4 Å². The number of carbonyl (C=O) groups excluding carboxylic acids is 3. The minimum absolute atomic E-state index is 0.0960. The second kappa shape index (κ2) is 7.78. The van der Waals surface area contributed by atoms with E-state index >= 15 is 0 Å². The average molecular weight is 279 g/mol. The molecule has 0 aromatic heterocycles. The number of aryl methyl sites for hydroxylation is 1. The molecule has 0 fully saturated rings. The monoisotopic (exact) mass is 279 g/mol. The maximum absolute atomic E-state index is 11.6. The van der Waals surface area contributed by atoms with Crippen LogP contribution in [0.25, 0.3) is 0 Å². The maximum atomic E-state index is 11.6. The van der Waals surface area contributed by atoms with Crippen molar-refractivity contribution in [3.8, 4) is 5.75 Å². The number of nitrogens with one attached hydrogen (secondary N) is 3. The number of hydrogen-bond donors (Lipinski definition) is 4. The van der Waals surface area contributed by atoms with Crippen LogP contribution >= 0.6 is 0 Å². The maximum Gasteiger partial charge on any atom is 0.313 e. The molecule has 0 bridgehead atoms. The van der Waals surface area contributed by atoms with Crippen LogP contribution in [-0.4, -0.2) is 36.4 Å². The SMILES string of the molecule is Cc1ccc(NC(=O)C(=O)NCCCNC=O)c(O)c1. The number of benzene rings is 1. The molecule has 20 heavy (non-hydrogen) atoms. The zero-order chi connectivity index (χ0) is 15.0. The lowest BCUT2D eigenvalue weighted by atomic mass is 10.2. The largest absolute Gasteiger partial charge is 0.506 e. The highest BCUT2D eigenvalue weighted by Gasteiger charge is 2.14. The van der Waals surface area contributed by atoms with Gasteiger partial charge in [0.25, 0.3) is 0 Å². The highest BCUT2D eigenvalue weighted by molar-refractivity contribution is 6.39. The molecular weight excluding hydrogens is 262 g/mol. The van der Waals surface area contributed by atoms with Crippen molar-refractivity contribution in [2.45, 2.75) is 13.3 Å². The number of amides is 3. The molecule has 0 radical (unpaired) electrons. The predicted octanol–water partition coefficient (Wildman–Crippen LogP) is -0.109. The molecule has 0 saturated carbocycles. The molecule has 3 amide bonds. The summed E-state index contributed by atoms with van der Waals surface area (Å²) >= 11 is 0. The summed E-state index contributed by atoms with van der Waals surface area (Å²) in [4.78, 5) is 33.0. The Morgan fingerprint density at radius 3 is 2.65 bits per heavy atom. The number of carbonyl (C=O) groups is 3. The Morgan fingerprint density at radius 1 is 1.25 bits per heavy atom. The standard InChI is InChI=1S/C13H17N3O4/c1-9-3-4-10(11(18)7-9)16-13(20)12(19)15-6-2-5-14-8-17/h3-4,7-8,18H,2,5-6H2,1H3,(H,14,17)(H,15,19)(H,16,20). The molecule has 0 unspecified atom stereocenters. The molecule has 0 spiro atoms. The van der Waals surface area contributed by atoms with Gasteiger partial charge in [0.05, 0.1) is 5.69 Å². The third-order valence-electron chi connectivity index (χ3n) is 2.47. The van der Waals surface area contributed by atoms with E-state index in [1.165, 1.54) is 12.1 Å². The van der Waals surface area contributed by atoms with E-state index in [2.05, 4.69) is 16.0 Å². The van der Waals surface area contributed by atoms with Crippen molar-refractivity contribution in [1.82, 2.24) is 10.6 Å². The smallest absolute Gasteiger partial charge is 0.313 e. The Labute approximate surface area is 116 Å². The van der Waals surface area contributed by atoms with Gasteiger partial charge in [0.2, 0.25) is 6.41 Å². The third-order valence-corrected chi connectivity index (χ3v) is 2.47. The Kier molecular flexibility index (Phi) is 6.02. The lowest BCUT2D eigenvalue weighted by Crippen LogP contribution is -2.36. The molecule has 1 aromatic rings. The molecule has 0 aliphatic heterocycles. The van der Waals surface area contributed by atoms with Crippen LogP contribution in [0.4, 0.5) is 5.69 Å². The molecule has 1 rings (SSSR count). The molecular formula is C13H17N3O4. The summed E-state index contributed by atoms with van der Waals surface area (Å²) in [6.07, 6.45) is 1.09. The summed E-state index contributed by atoms with van der Waals surface area (Å²) < 4.78 is 0. The number of anilines is 1. The highest BCUT2D eigenvalue weighted by atomic mass is 16.3. The molecule has 108 valence electrons. The van der Waals surface area contributed by atoms with E-state index in [0.29, 0.717) is 19.4 Å². The van der Waals surface area contributed by atoms with Crippen molar-refractivity contribution in [2.75, 3.05) is 18.4 Å². The fourth-order valence-electron chi connectivity index (χ4n) is 1.46. The summed E-state index contributed by atoms with van der Waals surface area (Å²) in [5.74, 6) is -1.75. The molecule has 7 heteroatoms. The topological polar surface area (TPSA) is 108 Å². The van der Waals surface area contributed by atoms with Crippen molar-refractivity contribution in [3.63, 3.8) is 0 Å². The molecule has 4 N–H and O–H groups in total. The highest BCUT2D eigenvalue weighted by Crippen LogP contribution is 2.23. The lowest BCUT2D eigenvalue weighted by molar-refractivity contribution is -0.136. The van der Waals surface area contributed by atoms with Gasteiger partial charge in [-0.2, -0.15) is 0 Å². The van der Waals surface area contributed by atoms with Crippen LogP contribution in [0, 0.1) is 6.92 Å². The summed E-state index contributed by atoms with van der Waals surface area (Å²) in [5, 5.41) is 16.8. The average Bonchev–Trinajstić information content (AvgIpc) is 2.41. The van der Waals surface area contributed by atoms with Crippen LogP contribution in [0.5, 0.6) is 5.75 Å². The quantitative estimate of drug-likeness (QED) is 0.252. The van der Waals surface area contributed by atoms with E-state index in [0.717, 1.165) is 5.56 Å². The molecule has 0 aliphatic carbocycles. The van der Waals surface area contributed by atoms with E-state index in [9.17, 15) is 19.5 Å². The summed E-state index contributed by atoms with van der Waals surface area (Å²) in [7, 11) is 0. The molecule has 0 heterocycles. The summed E-state index contributed by atoms with van der Waals surface area (Å²) in [5.41, 5.74) is 1.02. The summed E-state index contributed by atoms with van der Waals surface area (Å²) in [6, 6.07) is 4.71. The molecule has 0 saturated heterocycles. The van der Waals surface area contributed by atoms with Gasteiger partial charge in [-0.05, 0) is 31.0 Å². The van der Waals surface area contributed by atoms with Crippen molar-refractivity contribution in [2.24, 2.45) is 0 Å². The van der Waals surface area contributed by atoms with Crippen LogP contribution < -0.4 is 16.0 Å². The third kappa shape index (κ3) is 4.97. The number of rotatable bonds is 6. The van der Waals surface area contributed by atoms with E-state index < -0.39 is 11.8 Å². The van der Waals surface area contributed by atoms with Crippen LogP contribution in [0.15, 0.2) is 18.2 Å². The lowest BCUT2D eigenvalue weighted by Gasteiger charge is -2.08. The second-order valence-corrected chi connectivity index (χ2v) is 4.16. The number of phenols is 1. The van der Waals surface area contributed by atoms with E-state index in [4.69, 9.17) is 0 Å². The van der Waals surface area contributed by atoms with E-state index in [-0.39, 0.29) is 18.0 Å². The first-order valence-corrected chi connectivity index (χ1v) is 6.10. The minimum atomic E-state index is -0.854. The zero-order valence-electron chi connectivity index (χ0n) is 11.1. The molecule has 1 aromatic carbocycles. The van der Waals surface area contributed by atoms with Gasteiger partial charge in [0, 0.05) is 13.1 Å².